The van der Waals surface area contributed by atoms with Gasteiger partial charge in [-0.25, -0.2) is 14.5 Å². The molecule has 0 saturated carbocycles. The van der Waals surface area contributed by atoms with E-state index in [4.69, 9.17) is 4.74 Å². The number of hydrogen-bond donors (Lipinski definition) is 2. The Labute approximate surface area is 241 Å². The van der Waals surface area contributed by atoms with Gasteiger partial charge in [-0.05, 0) is 41.5 Å². The lowest BCUT2D eigenvalue weighted by Gasteiger charge is -2.25. The molecular formula is C32H28N4O6. The Hall–Kier alpha value is -5.38. The molecule has 3 amide bonds. The van der Waals surface area contributed by atoms with E-state index in [1.807, 2.05) is 30.3 Å². The van der Waals surface area contributed by atoms with Crippen molar-refractivity contribution in [2.75, 3.05) is 18.5 Å². The van der Waals surface area contributed by atoms with Gasteiger partial charge in [0.2, 0.25) is 5.91 Å². The second-order valence-electron chi connectivity index (χ2n) is 9.75. The molecule has 0 bridgehead atoms. The minimum atomic E-state index is -1.39. The predicted octanol–water partition coefficient (Wildman–Crippen LogP) is 4.90. The molecule has 1 aliphatic rings. The van der Waals surface area contributed by atoms with Crippen molar-refractivity contribution in [1.29, 1.82) is 0 Å². The van der Waals surface area contributed by atoms with Gasteiger partial charge in [-0.15, -0.1) is 0 Å². The summed E-state index contributed by atoms with van der Waals surface area (Å²) in [5.74, 6) is -3.13. The van der Waals surface area contributed by atoms with Crippen LogP contribution >= 0.6 is 0 Å². The number of imide groups is 1. The van der Waals surface area contributed by atoms with Crippen molar-refractivity contribution in [2.24, 2.45) is 4.99 Å². The number of carbonyl (C=O) groups is 4. The van der Waals surface area contributed by atoms with Crippen molar-refractivity contribution >= 4 is 46.0 Å². The molecule has 1 aliphatic heterocycles. The Kier molecular flexibility index (Phi) is 8.33. The number of aromatic nitrogens is 1. The number of cyclic esters (lactones) is 1. The summed E-state index contributed by atoms with van der Waals surface area (Å²) in [6.07, 6.45) is 0.483. The van der Waals surface area contributed by atoms with Gasteiger partial charge in [0, 0.05) is 29.8 Å². The van der Waals surface area contributed by atoms with Crippen LogP contribution in [0.5, 0.6) is 0 Å². The van der Waals surface area contributed by atoms with Gasteiger partial charge in [-0.3, -0.25) is 19.6 Å². The van der Waals surface area contributed by atoms with E-state index in [9.17, 15) is 24.3 Å². The highest BCUT2D eigenvalue weighted by Gasteiger charge is 2.36. The SMILES string of the molecule is CC(=N[C@@H](C(=O)O)[C@@H](CC(=O)N1CCOC1=O)c1cccc2ccccc12)c1ccccc1NC(=O)c1ccccn1. The highest BCUT2D eigenvalue weighted by Crippen LogP contribution is 2.34. The number of anilines is 1. The summed E-state index contributed by atoms with van der Waals surface area (Å²) < 4.78 is 4.93. The second-order valence-corrected chi connectivity index (χ2v) is 9.75. The van der Waals surface area contributed by atoms with E-state index >= 15 is 0 Å². The number of carboxylic acids is 1. The highest BCUT2D eigenvalue weighted by molar-refractivity contribution is 6.10. The zero-order valence-electron chi connectivity index (χ0n) is 22.8. The number of aliphatic imine (C=N–C) groups is 1. The number of nitrogens with zero attached hydrogens (tertiary/aromatic N) is 3. The molecule has 0 spiro atoms. The molecule has 2 N–H and O–H groups in total. The maximum Gasteiger partial charge on any atom is 0.416 e. The minimum Gasteiger partial charge on any atom is -0.480 e. The third kappa shape index (κ3) is 6.02. The van der Waals surface area contributed by atoms with Gasteiger partial charge in [0.1, 0.15) is 12.3 Å². The molecule has 2 heterocycles. The van der Waals surface area contributed by atoms with Gasteiger partial charge in [0.25, 0.3) is 5.91 Å². The monoisotopic (exact) mass is 564 g/mol. The summed E-state index contributed by atoms with van der Waals surface area (Å²) in [5.41, 5.74) is 2.13. The molecule has 1 aromatic heterocycles. The molecule has 4 aromatic rings. The summed E-state index contributed by atoms with van der Waals surface area (Å²) >= 11 is 0. The van der Waals surface area contributed by atoms with E-state index in [2.05, 4.69) is 15.3 Å². The second kappa shape index (κ2) is 12.4. The largest absolute Gasteiger partial charge is 0.480 e. The van der Waals surface area contributed by atoms with Gasteiger partial charge in [-0.1, -0.05) is 66.7 Å². The Balaban J connectivity index is 1.55. The van der Waals surface area contributed by atoms with Gasteiger partial charge in [0.15, 0.2) is 6.04 Å². The maximum atomic E-state index is 13.3. The van der Waals surface area contributed by atoms with Crippen LogP contribution in [-0.2, 0) is 14.3 Å². The molecule has 0 unspecified atom stereocenters. The van der Waals surface area contributed by atoms with Crippen LogP contribution in [0, 0.1) is 0 Å². The number of carbonyl (C=O) groups excluding carboxylic acids is 3. The van der Waals surface area contributed by atoms with Crippen molar-refractivity contribution in [2.45, 2.75) is 25.3 Å². The van der Waals surface area contributed by atoms with Crippen LogP contribution in [0.1, 0.15) is 40.9 Å². The standard InChI is InChI=1S/C32H28N4O6/c1-20(22-11-4-5-14-26(22)35-30(38)27-15-6-7-16-33-27)34-29(31(39)40)25(19-28(37)36-17-18-42-32(36)41)24-13-8-10-21-9-2-3-12-23(21)24/h2-16,25,29H,17-19H2,1H3,(H,35,38)(H,39,40)/t25-,29+/m0/s1. The fraction of sp³-hybridized carbons (Fsp3) is 0.188. The fourth-order valence-electron chi connectivity index (χ4n) is 5.07. The van der Waals surface area contributed by atoms with Crippen LogP contribution in [0.4, 0.5) is 10.5 Å². The number of para-hydroxylation sites is 1. The highest BCUT2D eigenvalue weighted by atomic mass is 16.6. The molecule has 2 atom stereocenters. The van der Waals surface area contributed by atoms with Gasteiger partial charge in [0.05, 0.1) is 12.2 Å². The number of fused-ring (bicyclic) bond motifs is 1. The first-order chi connectivity index (χ1) is 20.3. The molecule has 1 fully saturated rings. The topological polar surface area (TPSA) is 138 Å². The Morgan fingerprint density at radius 1 is 1.00 bits per heavy atom. The molecule has 212 valence electrons. The molecule has 0 aliphatic carbocycles. The summed E-state index contributed by atoms with van der Waals surface area (Å²) in [6, 6.07) is 23.5. The van der Waals surface area contributed by atoms with E-state index < -0.39 is 35.8 Å². The third-order valence-corrected chi connectivity index (χ3v) is 7.11. The van der Waals surface area contributed by atoms with Crippen molar-refractivity contribution in [3.63, 3.8) is 0 Å². The normalized spacial score (nSPS) is 14.7. The lowest BCUT2D eigenvalue weighted by atomic mass is 9.85. The van der Waals surface area contributed by atoms with Gasteiger partial charge < -0.3 is 15.2 Å². The number of ether oxygens (including phenoxy) is 1. The number of carboxylic acid groups (broad SMARTS) is 1. The average Bonchev–Trinajstić information content (AvgIpc) is 3.45. The van der Waals surface area contributed by atoms with E-state index in [0.717, 1.165) is 15.7 Å². The molecule has 0 radical (unpaired) electrons. The van der Waals surface area contributed by atoms with Crippen LogP contribution in [0.15, 0.2) is 96.1 Å². The van der Waals surface area contributed by atoms with Crippen LogP contribution in [0.2, 0.25) is 0 Å². The van der Waals surface area contributed by atoms with Crippen molar-refractivity contribution in [3.05, 3.63) is 108 Å². The first kappa shape index (κ1) is 28.2. The van der Waals surface area contributed by atoms with Crippen molar-refractivity contribution < 1.29 is 29.0 Å². The molecule has 5 rings (SSSR count). The van der Waals surface area contributed by atoms with Crippen LogP contribution in [0.3, 0.4) is 0 Å². The number of benzene rings is 3. The lowest BCUT2D eigenvalue weighted by Crippen LogP contribution is -2.36. The first-order valence-electron chi connectivity index (χ1n) is 13.4. The smallest absolute Gasteiger partial charge is 0.416 e. The van der Waals surface area contributed by atoms with Crippen molar-refractivity contribution in [1.82, 2.24) is 9.88 Å². The Morgan fingerprint density at radius 3 is 2.48 bits per heavy atom. The average molecular weight is 565 g/mol. The number of pyridine rings is 1. The summed E-state index contributed by atoms with van der Waals surface area (Å²) in [6.45, 7) is 1.84. The molecular weight excluding hydrogens is 536 g/mol. The quantitative estimate of drug-likeness (QED) is 0.276. The van der Waals surface area contributed by atoms with E-state index in [0.29, 0.717) is 22.5 Å². The minimum absolute atomic E-state index is 0.0874. The molecule has 10 nitrogen and oxygen atoms in total. The number of nitrogens with one attached hydrogen (secondary N) is 1. The van der Waals surface area contributed by atoms with Gasteiger partial charge >= 0.3 is 12.1 Å². The van der Waals surface area contributed by atoms with E-state index in [1.54, 1.807) is 61.5 Å². The first-order valence-corrected chi connectivity index (χ1v) is 13.4. The Bertz CT molecular complexity index is 1680. The Morgan fingerprint density at radius 2 is 1.74 bits per heavy atom. The lowest BCUT2D eigenvalue weighted by molar-refractivity contribution is -0.139. The number of rotatable bonds is 9. The molecule has 1 saturated heterocycles. The molecule has 42 heavy (non-hydrogen) atoms. The zero-order valence-corrected chi connectivity index (χ0v) is 22.8. The fourth-order valence-corrected chi connectivity index (χ4v) is 5.07. The van der Waals surface area contributed by atoms with E-state index in [-0.39, 0.29) is 25.3 Å². The van der Waals surface area contributed by atoms with Crippen LogP contribution in [-0.4, -0.2) is 63.8 Å². The van der Waals surface area contributed by atoms with Crippen LogP contribution in [0.25, 0.3) is 10.8 Å². The van der Waals surface area contributed by atoms with E-state index in [1.165, 1.54) is 6.20 Å². The maximum absolute atomic E-state index is 13.3. The number of amides is 3. The predicted molar refractivity (Wildman–Crippen MR) is 157 cm³/mol. The summed E-state index contributed by atoms with van der Waals surface area (Å²) in [4.78, 5) is 60.8. The van der Waals surface area contributed by atoms with Crippen LogP contribution < -0.4 is 5.32 Å². The number of hydrogen-bond acceptors (Lipinski definition) is 7. The molecule has 10 heteroatoms. The molecule has 3 aromatic carbocycles. The summed E-state index contributed by atoms with van der Waals surface area (Å²) in [5, 5.41) is 14.9. The van der Waals surface area contributed by atoms with Gasteiger partial charge in [-0.2, -0.15) is 0 Å². The van der Waals surface area contributed by atoms with Crippen molar-refractivity contribution in [3.8, 4) is 0 Å². The summed E-state index contributed by atoms with van der Waals surface area (Å²) in [7, 11) is 0. The number of aliphatic carboxylic acids is 1. The zero-order chi connectivity index (χ0) is 29.6. The third-order valence-electron chi connectivity index (χ3n) is 7.11.